The molecule has 0 unspecified atom stereocenters. The summed E-state index contributed by atoms with van der Waals surface area (Å²) in [6.45, 7) is 2.01. The molecule has 0 aliphatic carbocycles. The highest BCUT2D eigenvalue weighted by Gasteiger charge is 2.02. The molecule has 0 bridgehead atoms. The van der Waals surface area contributed by atoms with E-state index < -0.39 is 0 Å². The lowest BCUT2D eigenvalue weighted by Gasteiger charge is -2.08. The van der Waals surface area contributed by atoms with E-state index in [1.807, 2.05) is 38.2 Å². The zero-order valence-corrected chi connectivity index (χ0v) is 8.00. The Morgan fingerprint density at radius 1 is 1.38 bits per heavy atom. The molecule has 0 aliphatic heterocycles. The topological polar surface area (TPSA) is 44.8 Å². The average molecular weight is 176 g/mol. The van der Waals surface area contributed by atoms with Gasteiger partial charge in [-0.25, -0.2) is 4.98 Å². The Morgan fingerprint density at radius 3 is 2.85 bits per heavy atom. The molecule has 0 saturated carbocycles. The van der Waals surface area contributed by atoms with E-state index in [0.717, 1.165) is 22.7 Å². The number of nitrogens with zero attached hydrogens (tertiary/aromatic N) is 3. The molecule has 4 nitrogen and oxygen atoms in total. The Balaban J connectivity index is 2.61. The molecule has 0 aliphatic rings. The zero-order valence-electron chi connectivity index (χ0n) is 8.00. The van der Waals surface area contributed by atoms with E-state index in [-0.39, 0.29) is 0 Å². The maximum Gasteiger partial charge on any atom is 0.226 e. The summed E-state index contributed by atoms with van der Waals surface area (Å²) in [5, 5.41) is 1.06. The molecule has 0 spiro atoms. The van der Waals surface area contributed by atoms with Crippen LogP contribution >= 0.6 is 0 Å². The molecule has 0 aromatic carbocycles. The number of hydrogen-bond donors (Lipinski definition) is 1. The Bertz CT molecular complexity index is 430. The van der Waals surface area contributed by atoms with Gasteiger partial charge in [-0.15, -0.1) is 0 Å². The Hall–Kier alpha value is -1.58. The maximum atomic E-state index is 4.35. The van der Waals surface area contributed by atoms with E-state index in [0.29, 0.717) is 0 Å². The molecule has 0 amide bonds. The summed E-state index contributed by atoms with van der Waals surface area (Å²) in [6, 6.07) is 2.04. The molecule has 0 radical (unpaired) electrons. The lowest BCUT2D eigenvalue weighted by molar-refractivity contribution is 1.01. The Morgan fingerprint density at radius 2 is 2.15 bits per heavy atom. The standard InChI is InChI=1S/C9H12N4/c1-6-4-7-5-10-9(13(2)3)12-8(7)11-6/h4-5H,1-3H3,(H,10,11,12). The minimum absolute atomic E-state index is 0.731. The summed E-state index contributed by atoms with van der Waals surface area (Å²) in [5.41, 5.74) is 2.01. The van der Waals surface area contributed by atoms with Crippen LogP contribution in [0.1, 0.15) is 5.69 Å². The number of rotatable bonds is 1. The fourth-order valence-corrected chi connectivity index (χ4v) is 1.26. The molecule has 2 aromatic heterocycles. The average Bonchev–Trinajstić information content (AvgIpc) is 2.42. The fourth-order valence-electron chi connectivity index (χ4n) is 1.26. The van der Waals surface area contributed by atoms with Crippen molar-refractivity contribution in [3.05, 3.63) is 18.0 Å². The van der Waals surface area contributed by atoms with Crippen LogP contribution in [0.25, 0.3) is 11.0 Å². The molecule has 68 valence electrons. The van der Waals surface area contributed by atoms with Crippen LogP contribution in [0.3, 0.4) is 0 Å². The van der Waals surface area contributed by atoms with Gasteiger partial charge in [-0.2, -0.15) is 4.98 Å². The number of hydrogen-bond acceptors (Lipinski definition) is 3. The van der Waals surface area contributed by atoms with E-state index >= 15 is 0 Å². The number of anilines is 1. The lowest BCUT2D eigenvalue weighted by Crippen LogP contribution is -2.12. The van der Waals surface area contributed by atoms with Crippen LogP contribution < -0.4 is 4.90 Å². The normalized spacial score (nSPS) is 10.7. The summed E-state index contributed by atoms with van der Waals surface area (Å²) in [6.07, 6.45) is 1.83. The molecule has 2 heterocycles. The molecule has 4 heteroatoms. The summed E-state index contributed by atoms with van der Waals surface area (Å²) in [7, 11) is 3.86. The third-order valence-electron chi connectivity index (χ3n) is 1.89. The van der Waals surface area contributed by atoms with Crippen molar-refractivity contribution in [3.63, 3.8) is 0 Å². The number of nitrogens with one attached hydrogen (secondary N) is 1. The smallest absolute Gasteiger partial charge is 0.226 e. The number of aromatic amines is 1. The van der Waals surface area contributed by atoms with E-state index in [2.05, 4.69) is 15.0 Å². The first-order valence-corrected chi connectivity index (χ1v) is 4.16. The quantitative estimate of drug-likeness (QED) is 0.713. The third kappa shape index (κ3) is 1.35. The number of fused-ring (bicyclic) bond motifs is 1. The summed E-state index contributed by atoms with van der Waals surface area (Å²) < 4.78 is 0. The van der Waals surface area contributed by atoms with E-state index in [1.54, 1.807) is 0 Å². The number of aryl methyl sites for hydroxylation is 1. The van der Waals surface area contributed by atoms with Crippen molar-refractivity contribution in [1.29, 1.82) is 0 Å². The second-order valence-corrected chi connectivity index (χ2v) is 3.32. The largest absolute Gasteiger partial charge is 0.347 e. The molecule has 2 rings (SSSR count). The van der Waals surface area contributed by atoms with Crippen LogP contribution in [-0.2, 0) is 0 Å². The third-order valence-corrected chi connectivity index (χ3v) is 1.89. The van der Waals surface area contributed by atoms with Crippen LogP contribution in [0.4, 0.5) is 5.95 Å². The van der Waals surface area contributed by atoms with Crippen LogP contribution in [0, 0.1) is 6.92 Å². The molecule has 0 atom stereocenters. The molecule has 13 heavy (non-hydrogen) atoms. The molecular weight excluding hydrogens is 164 g/mol. The number of H-pyrrole nitrogens is 1. The van der Waals surface area contributed by atoms with Crippen molar-refractivity contribution >= 4 is 17.0 Å². The van der Waals surface area contributed by atoms with E-state index in [9.17, 15) is 0 Å². The van der Waals surface area contributed by atoms with Crippen LogP contribution in [0.2, 0.25) is 0 Å². The maximum absolute atomic E-state index is 4.35. The van der Waals surface area contributed by atoms with Gasteiger partial charge in [0.05, 0.1) is 0 Å². The lowest BCUT2D eigenvalue weighted by atomic mass is 10.4. The molecule has 2 aromatic rings. The first kappa shape index (κ1) is 8.04. The van der Waals surface area contributed by atoms with Gasteiger partial charge in [-0.3, -0.25) is 0 Å². The summed E-state index contributed by atoms with van der Waals surface area (Å²) in [5.74, 6) is 0.731. The summed E-state index contributed by atoms with van der Waals surface area (Å²) >= 11 is 0. The summed E-state index contributed by atoms with van der Waals surface area (Å²) in [4.78, 5) is 13.6. The minimum Gasteiger partial charge on any atom is -0.347 e. The van der Waals surface area contributed by atoms with Gasteiger partial charge < -0.3 is 9.88 Å². The van der Waals surface area contributed by atoms with Gasteiger partial charge in [0.15, 0.2) is 0 Å². The van der Waals surface area contributed by atoms with Crippen molar-refractivity contribution in [2.75, 3.05) is 19.0 Å². The Kier molecular flexibility index (Phi) is 1.69. The second kappa shape index (κ2) is 2.73. The molecular formula is C9H12N4. The Labute approximate surface area is 76.6 Å². The highest BCUT2D eigenvalue weighted by molar-refractivity contribution is 5.76. The SMILES string of the molecule is Cc1cc2cnc(N(C)C)nc2[nH]1. The molecule has 0 fully saturated rings. The van der Waals surface area contributed by atoms with Crippen molar-refractivity contribution in [2.45, 2.75) is 6.92 Å². The second-order valence-electron chi connectivity index (χ2n) is 3.32. The monoisotopic (exact) mass is 176 g/mol. The van der Waals surface area contributed by atoms with E-state index in [1.165, 1.54) is 0 Å². The molecule has 0 saturated heterocycles. The molecule has 1 N–H and O–H groups in total. The number of aromatic nitrogens is 3. The predicted octanol–water partition coefficient (Wildman–Crippen LogP) is 1.33. The van der Waals surface area contributed by atoms with Crippen LogP contribution in [0.5, 0.6) is 0 Å². The van der Waals surface area contributed by atoms with Gasteiger partial charge in [0, 0.05) is 31.4 Å². The first-order valence-electron chi connectivity index (χ1n) is 4.16. The van der Waals surface area contributed by atoms with Gasteiger partial charge in [0.1, 0.15) is 5.65 Å². The van der Waals surface area contributed by atoms with Crippen molar-refractivity contribution in [2.24, 2.45) is 0 Å². The van der Waals surface area contributed by atoms with Gasteiger partial charge in [-0.05, 0) is 13.0 Å². The van der Waals surface area contributed by atoms with Crippen molar-refractivity contribution in [1.82, 2.24) is 15.0 Å². The van der Waals surface area contributed by atoms with Crippen molar-refractivity contribution in [3.8, 4) is 0 Å². The van der Waals surface area contributed by atoms with Crippen LogP contribution in [-0.4, -0.2) is 29.0 Å². The van der Waals surface area contributed by atoms with Gasteiger partial charge in [0.2, 0.25) is 5.95 Å². The first-order chi connectivity index (χ1) is 6.16. The highest BCUT2D eigenvalue weighted by atomic mass is 15.2. The minimum atomic E-state index is 0.731. The van der Waals surface area contributed by atoms with E-state index in [4.69, 9.17) is 0 Å². The highest BCUT2D eigenvalue weighted by Crippen LogP contribution is 2.13. The van der Waals surface area contributed by atoms with Gasteiger partial charge >= 0.3 is 0 Å². The van der Waals surface area contributed by atoms with Gasteiger partial charge in [0.25, 0.3) is 0 Å². The predicted molar refractivity (Wildman–Crippen MR) is 53.0 cm³/mol. The van der Waals surface area contributed by atoms with Crippen LogP contribution in [0.15, 0.2) is 12.3 Å². The fraction of sp³-hybridized carbons (Fsp3) is 0.333. The van der Waals surface area contributed by atoms with Crippen molar-refractivity contribution < 1.29 is 0 Å². The zero-order chi connectivity index (χ0) is 9.42. The van der Waals surface area contributed by atoms with Gasteiger partial charge in [-0.1, -0.05) is 0 Å².